The van der Waals surface area contributed by atoms with Gasteiger partial charge in [0, 0.05) is 57.2 Å². The number of allylic oxidation sites excluding steroid dienone is 1. The van der Waals surface area contributed by atoms with E-state index >= 15 is 0 Å². The van der Waals surface area contributed by atoms with Crippen LogP contribution in [0.3, 0.4) is 0 Å². The van der Waals surface area contributed by atoms with Gasteiger partial charge in [-0.1, -0.05) is 17.8 Å². The fraction of sp³-hybridized carbons (Fsp3) is 0.321. The van der Waals surface area contributed by atoms with E-state index in [1.807, 2.05) is 32.0 Å². The maximum atomic E-state index is 12.9. The van der Waals surface area contributed by atoms with E-state index in [4.69, 9.17) is 14.2 Å². The van der Waals surface area contributed by atoms with E-state index in [0.29, 0.717) is 28.5 Å². The van der Waals surface area contributed by atoms with Crippen LogP contribution in [-0.4, -0.2) is 77.4 Å². The maximum absolute atomic E-state index is 12.9. The Bertz CT molecular complexity index is 1490. The lowest BCUT2D eigenvalue weighted by atomic mass is 10.1. The molecule has 1 aromatic carbocycles. The van der Waals surface area contributed by atoms with Gasteiger partial charge in [0.25, 0.3) is 5.91 Å². The molecule has 11 nitrogen and oxygen atoms in total. The van der Waals surface area contributed by atoms with Gasteiger partial charge in [-0.25, -0.2) is 15.0 Å². The lowest BCUT2D eigenvalue weighted by Gasteiger charge is -2.35. The summed E-state index contributed by atoms with van der Waals surface area (Å²) in [4.78, 5) is 31.4. The number of carbonyl (C=O) groups excluding carboxylic acids is 1. The third-order valence-electron chi connectivity index (χ3n) is 6.70. The van der Waals surface area contributed by atoms with Crippen LogP contribution in [0, 0.1) is 6.92 Å². The second kappa shape index (κ2) is 11.6. The minimum absolute atomic E-state index is 0.308. The molecule has 1 amide bonds. The standard InChI is InChI=1S/C28H32N8O3/c1-18(2)23-16-24(34-39-23)32-28(37)20-6-5-19(3)22(15-20)31-27-26-21(29-17-30-27)7-8-25(33-26)36-11-9-35(10-12-36)13-14-38-4/h5-8,15-17H,1,9-14H2,2-4H3,(H,29,30,31)(H,32,34,37). The van der Waals surface area contributed by atoms with Gasteiger partial charge in [-0.15, -0.1) is 0 Å². The zero-order valence-corrected chi connectivity index (χ0v) is 22.4. The molecule has 1 saturated heterocycles. The summed E-state index contributed by atoms with van der Waals surface area (Å²) in [6, 6.07) is 11.0. The summed E-state index contributed by atoms with van der Waals surface area (Å²) < 4.78 is 10.4. The Balaban J connectivity index is 1.35. The average molecular weight is 529 g/mol. The van der Waals surface area contributed by atoms with Crippen LogP contribution in [0.15, 0.2) is 53.8 Å². The summed E-state index contributed by atoms with van der Waals surface area (Å²) in [5.41, 5.74) is 4.28. The average Bonchev–Trinajstić information content (AvgIpc) is 3.42. The molecular weight excluding hydrogens is 496 g/mol. The van der Waals surface area contributed by atoms with Gasteiger partial charge in [0.1, 0.15) is 17.7 Å². The predicted octanol–water partition coefficient (Wildman–Crippen LogP) is 4.12. The molecule has 4 heterocycles. The summed E-state index contributed by atoms with van der Waals surface area (Å²) in [6.07, 6.45) is 1.51. The Morgan fingerprint density at radius 2 is 1.95 bits per heavy atom. The number of fused-ring (bicyclic) bond motifs is 1. The molecular formula is C28H32N8O3. The van der Waals surface area contributed by atoms with Gasteiger partial charge in [-0.05, 0) is 49.2 Å². The highest BCUT2D eigenvalue weighted by Crippen LogP contribution is 2.27. The molecule has 1 aliphatic rings. The quantitative estimate of drug-likeness (QED) is 0.328. The number of amides is 1. The highest BCUT2D eigenvalue weighted by molar-refractivity contribution is 6.04. The molecule has 4 aromatic rings. The molecule has 0 radical (unpaired) electrons. The van der Waals surface area contributed by atoms with E-state index in [0.717, 1.165) is 67.5 Å². The Morgan fingerprint density at radius 3 is 2.69 bits per heavy atom. The molecule has 0 aliphatic carbocycles. The second-order valence-corrected chi connectivity index (χ2v) is 9.55. The SMILES string of the molecule is C=C(C)c1cc(NC(=O)c2ccc(C)c(Nc3ncnc4ccc(N5CCN(CCOC)CC5)nc34)c2)no1. The molecule has 2 N–H and O–H groups in total. The smallest absolute Gasteiger partial charge is 0.256 e. The normalized spacial score (nSPS) is 14.0. The number of aryl methyl sites for hydroxylation is 1. The summed E-state index contributed by atoms with van der Waals surface area (Å²) in [6.45, 7) is 12.9. The molecule has 39 heavy (non-hydrogen) atoms. The third-order valence-corrected chi connectivity index (χ3v) is 6.70. The predicted molar refractivity (Wildman–Crippen MR) is 151 cm³/mol. The lowest BCUT2D eigenvalue weighted by Crippen LogP contribution is -2.47. The van der Waals surface area contributed by atoms with Gasteiger partial charge < -0.3 is 24.8 Å². The number of aromatic nitrogens is 4. The molecule has 0 atom stereocenters. The van der Waals surface area contributed by atoms with Gasteiger partial charge in [0.15, 0.2) is 17.4 Å². The van der Waals surface area contributed by atoms with Gasteiger partial charge in [-0.2, -0.15) is 0 Å². The Kier molecular flexibility index (Phi) is 7.80. The summed E-state index contributed by atoms with van der Waals surface area (Å²) in [5.74, 6) is 2.00. The fourth-order valence-electron chi connectivity index (χ4n) is 4.37. The third kappa shape index (κ3) is 6.05. The van der Waals surface area contributed by atoms with E-state index in [-0.39, 0.29) is 5.91 Å². The molecule has 3 aromatic heterocycles. The highest BCUT2D eigenvalue weighted by Gasteiger charge is 2.19. The van der Waals surface area contributed by atoms with E-state index in [9.17, 15) is 4.79 Å². The number of rotatable bonds is 9. The lowest BCUT2D eigenvalue weighted by molar-refractivity contribution is 0.102. The maximum Gasteiger partial charge on any atom is 0.256 e. The van der Waals surface area contributed by atoms with Crippen LogP contribution in [0.5, 0.6) is 0 Å². The first kappa shape index (κ1) is 26.3. The molecule has 0 saturated carbocycles. The molecule has 5 rings (SSSR count). The van der Waals surface area contributed by atoms with Crippen molar-refractivity contribution in [1.82, 2.24) is 25.0 Å². The van der Waals surface area contributed by atoms with Crippen molar-refractivity contribution in [1.29, 1.82) is 0 Å². The Morgan fingerprint density at radius 1 is 1.13 bits per heavy atom. The van der Waals surface area contributed by atoms with Gasteiger partial charge >= 0.3 is 0 Å². The summed E-state index contributed by atoms with van der Waals surface area (Å²) in [7, 11) is 1.73. The van der Waals surface area contributed by atoms with Crippen LogP contribution in [0.4, 0.5) is 23.1 Å². The fourth-order valence-corrected chi connectivity index (χ4v) is 4.37. The van der Waals surface area contributed by atoms with Crippen molar-refractivity contribution < 1.29 is 14.1 Å². The molecule has 202 valence electrons. The topological polar surface area (TPSA) is 122 Å². The van der Waals surface area contributed by atoms with Crippen LogP contribution in [0.2, 0.25) is 0 Å². The molecule has 11 heteroatoms. The van der Waals surface area contributed by atoms with Crippen molar-refractivity contribution in [2.75, 3.05) is 62.0 Å². The molecule has 0 bridgehead atoms. The number of hydrogen-bond acceptors (Lipinski definition) is 10. The molecule has 0 unspecified atom stereocenters. The number of methoxy groups -OCH3 is 1. The highest BCUT2D eigenvalue weighted by atomic mass is 16.5. The number of benzene rings is 1. The first-order chi connectivity index (χ1) is 18.9. The minimum atomic E-state index is -0.308. The first-order valence-corrected chi connectivity index (χ1v) is 12.8. The van der Waals surface area contributed by atoms with Crippen molar-refractivity contribution in [3.8, 4) is 0 Å². The van der Waals surface area contributed by atoms with Crippen molar-refractivity contribution in [2.24, 2.45) is 0 Å². The van der Waals surface area contributed by atoms with Crippen molar-refractivity contribution in [3.63, 3.8) is 0 Å². The number of piperazine rings is 1. The summed E-state index contributed by atoms with van der Waals surface area (Å²) in [5, 5.41) is 10.0. The minimum Gasteiger partial charge on any atom is -0.383 e. The van der Waals surface area contributed by atoms with Crippen LogP contribution in [-0.2, 0) is 4.74 Å². The van der Waals surface area contributed by atoms with Gasteiger partial charge in [0.05, 0.1) is 12.1 Å². The number of anilines is 4. The number of ether oxygens (including phenoxy) is 1. The number of nitrogens with one attached hydrogen (secondary N) is 2. The van der Waals surface area contributed by atoms with Gasteiger partial charge in [-0.3, -0.25) is 9.69 Å². The second-order valence-electron chi connectivity index (χ2n) is 9.55. The van der Waals surface area contributed by atoms with Crippen LogP contribution < -0.4 is 15.5 Å². The van der Waals surface area contributed by atoms with Crippen molar-refractivity contribution in [2.45, 2.75) is 13.8 Å². The molecule has 1 fully saturated rings. The van der Waals surface area contributed by atoms with Crippen LogP contribution in [0.1, 0.15) is 28.6 Å². The van der Waals surface area contributed by atoms with E-state index in [2.05, 4.69) is 42.1 Å². The first-order valence-electron chi connectivity index (χ1n) is 12.8. The Hall–Kier alpha value is -4.35. The number of carbonyl (C=O) groups is 1. The largest absolute Gasteiger partial charge is 0.383 e. The van der Waals surface area contributed by atoms with Crippen LogP contribution >= 0.6 is 0 Å². The molecule has 1 aliphatic heterocycles. The molecule has 0 spiro atoms. The van der Waals surface area contributed by atoms with Gasteiger partial charge in [0.2, 0.25) is 0 Å². The number of hydrogen-bond donors (Lipinski definition) is 2. The summed E-state index contributed by atoms with van der Waals surface area (Å²) >= 11 is 0. The number of nitrogens with zero attached hydrogens (tertiary/aromatic N) is 6. The van der Waals surface area contributed by atoms with Crippen LogP contribution in [0.25, 0.3) is 16.6 Å². The van der Waals surface area contributed by atoms with E-state index < -0.39 is 0 Å². The number of pyridine rings is 1. The van der Waals surface area contributed by atoms with Crippen molar-refractivity contribution in [3.05, 3.63) is 66.2 Å². The monoisotopic (exact) mass is 528 g/mol. The van der Waals surface area contributed by atoms with E-state index in [1.54, 1.807) is 25.3 Å². The Labute approximate surface area is 226 Å². The zero-order chi connectivity index (χ0) is 27.4. The van der Waals surface area contributed by atoms with E-state index in [1.165, 1.54) is 6.33 Å². The van der Waals surface area contributed by atoms with Crippen molar-refractivity contribution >= 4 is 45.7 Å². The zero-order valence-electron chi connectivity index (χ0n) is 22.4.